The number of carboxylic acid groups (broad SMARTS) is 1. The van der Waals surface area contributed by atoms with Gasteiger partial charge in [0, 0.05) is 6.54 Å². The second kappa shape index (κ2) is 6.23. The smallest absolute Gasteiger partial charge is 0.354 e. The fourth-order valence-corrected chi connectivity index (χ4v) is 1.92. The van der Waals surface area contributed by atoms with Crippen LogP contribution in [0.2, 0.25) is 0 Å². The molecule has 3 N–H and O–H groups in total. The van der Waals surface area contributed by atoms with Gasteiger partial charge in [0.2, 0.25) is 0 Å². The van der Waals surface area contributed by atoms with Gasteiger partial charge in [-0.05, 0) is 26.2 Å². The summed E-state index contributed by atoms with van der Waals surface area (Å²) in [6.45, 7) is 0.269. The minimum absolute atomic E-state index is 0.139. The molecule has 1 amide bonds. The minimum atomic E-state index is -1.23. The Labute approximate surface area is 120 Å². The molecule has 0 bridgehead atoms. The first-order chi connectivity index (χ1) is 10.0. The summed E-state index contributed by atoms with van der Waals surface area (Å²) < 4.78 is 5.33. The van der Waals surface area contributed by atoms with Crippen LogP contribution in [0.15, 0.2) is 29.1 Å². The number of carbonyl (C=O) groups excluding carboxylic acids is 1. The number of hydrogen-bond donors (Lipinski definition) is 3. The first-order valence-electron chi connectivity index (χ1n) is 6.25. The van der Waals surface area contributed by atoms with Crippen molar-refractivity contribution in [3.8, 4) is 0 Å². The second-order valence-corrected chi connectivity index (χ2v) is 4.64. The molecule has 0 saturated carbocycles. The van der Waals surface area contributed by atoms with Crippen LogP contribution in [0.3, 0.4) is 0 Å². The van der Waals surface area contributed by atoms with E-state index < -0.39 is 11.9 Å². The van der Waals surface area contributed by atoms with Gasteiger partial charge in [0.05, 0.1) is 18.6 Å². The van der Waals surface area contributed by atoms with Crippen molar-refractivity contribution in [2.45, 2.75) is 6.04 Å². The average molecular weight is 292 g/mol. The highest BCUT2D eigenvalue weighted by Gasteiger charge is 2.22. The molecule has 112 valence electrons. The van der Waals surface area contributed by atoms with Gasteiger partial charge >= 0.3 is 5.97 Å². The summed E-state index contributed by atoms with van der Waals surface area (Å²) in [6, 6.07) is 3.42. The summed E-state index contributed by atoms with van der Waals surface area (Å²) in [4.78, 5) is 31.0. The number of furan rings is 1. The van der Waals surface area contributed by atoms with Gasteiger partial charge in [-0.2, -0.15) is 0 Å². The number of aromatic nitrogens is 2. The Bertz CT molecular complexity index is 618. The molecule has 2 rings (SSSR count). The molecule has 8 heteroatoms. The van der Waals surface area contributed by atoms with Crippen LogP contribution in [0.5, 0.6) is 0 Å². The second-order valence-electron chi connectivity index (χ2n) is 4.64. The summed E-state index contributed by atoms with van der Waals surface area (Å²) >= 11 is 0. The number of amides is 1. The predicted octanol–water partition coefficient (Wildman–Crippen LogP) is 0.734. The number of aromatic amines is 1. The van der Waals surface area contributed by atoms with Crippen molar-refractivity contribution >= 4 is 11.9 Å². The first kappa shape index (κ1) is 14.8. The lowest BCUT2D eigenvalue weighted by atomic mass is 10.2. The van der Waals surface area contributed by atoms with Crippen molar-refractivity contribution in [1.29, 1.82) is 0 Å². The van der Waals surface area contributed by atoms with E-state index in [4.69, 9.17) is 9.52 Å². The third-order valence-corrected chi connectivity index (χ3v) is 3.02. The average Bonchev–Trinajstić information content (AvgIpc) is 3.09. The van der Waals surface area contributed by atoms with Gasteiger partial charge in [0.25, 0.3) is 5.91 Å². The van der Waals surface area contributed by atoms with E-state index in [0.29, 0.717) is 5.76 Å². The Morgan fingerprint density at radius 2 is 2.29 bits per heavy atom. The Hall–Kier alpha value is -2.61. The van der Waals surface area contributed by atoms with Gasteiger partial charge in [-0.25, -0.2) is 9.78 Å². The quantitative estimate of drug-likeness (QED) is 0.724. The molecular formula is C13H16N4O4. The van der Waals surface area contributed by atoms with E-state index >= 15 is 0 Å². The molecule has 2 aromatic rings. The maximum Gasteiger partial charge on any atom is 0.354 e. The molecule has 2 heterocycles. The SMILES string of the molecule is CN(C)[C@H](CNC(=O)c1nc[nH]c1C(=O)O)c1ccco1. The summed E-state index contributed by atoms with van der Waals surface area (Å²) in [5.74, 6) is -1.07. The summed E-state index contributed by atoms with van der Waals surface area (Å²) in [5, 5.41) is 11.6. The third-order valence-electron chi connectivity index (χ3n) is 3.02. The van der Waals surface area contributed by atoms with Crippen molar-refractivity contribution in [2.75, 3.05) is 20.6 Å². The van der Waals surface area contributed by atoms with Gasteiger partial charge < -0.3 is 19.8 Å². The first-order valence-corrected chi connectivity index (χ1v) is 6.25. The number of rotatable bonds is 6. The molecule has 0 aliphatic carbocycles. The zero-order valence-electron chi connectivity index (χ0n) is 11.7. The Morgan fingerprint density at radius 3 is 2.86 bits per heavy atom. The number of carboxylic acids is 1. The molecule has 0 spiro atoms. The normalized spacial score (nSPS) is 12.3. The highest BCUT2D eigenvalue weighted by molar-refractivity contribution is 6.02. The fraction of sp³-hybridized carbons (Fsp3) is 0.308. The van der Waals surface area contributed by atoms with Gasteiger partial charge in [0.1, 0.15) is 5.76 Å². The van der Waals surface area contributed by atoms with Crippen molar-refractivity contribution in [3.05, 3.63) is 41.9 Å². The lowest BCUT2D eigenvalue weighted by Crippen LogP contribution is -2.35. The van der Waals surface area contributed by atoms with Crippen LogP contribution in [-0.4, -0.2) is 52.5 Å². The largest absolute Gasteiger partial charge is 0.477 e. The molecule has 0 aromatic carbocycles. The molecule has 0 aliphatic rings. The van der Waals surface area contributed by atoms with E-state index in [-0.39, 0.29) is 24.0 Å². The van der Waals surface area contributed by atoms with Gasteiger partial charge in [-0.3, -0.25) is 9.69 Å². The zero-order valence-corrected chi connectivity index (χ0v) is 11.7. The maximum atomic E-state index is 12.0. The number of likely N-dealkylation sites (N-methyl/N-ethyl adjacent to an activating group) is 1. The molecule has 0 unspecified atom stereocenters. The topological polar surface area (TPSA) is 111 Å². The van der Waals surface area contributed by atoms with E-state index in [1.54, 1.807) is 12.3 Å². The standard InChI is InChI=1S/C13H16N4O4/c1-17(2)8(9-4-3-5-21-9)6-14-12(18)10-11(13(19)20)16-7-15-10/h3-5,7-8H,6H2,1-2H3,(H,14,18)(H,15,16)(H,19,20)/t8-/m1/s1. The van der Waals surface area contributed by atoms with Crippen molar-refractivity contribution in [3.63, 3.8) is 0 Å². The highest BCUT2D eigenvalue weighted by atomic mass is 16.4. The molecule has 1 atom stereocenters. The summed E-state index contributed by atoms with van der Waals surface area (Å²) in [5.41, 5.74) is -0.369. The van der Waals surface area contributed by atoms with Crippen LogP contribution in [0.25, 0.3) is 0 Å². The Kier molecular flexibility index (Phi) is 4.39. The number of hydrogen-bond acceptors (Lipinski definition) is 5. The van der Waals surface area contributed by atoms with Gasteiger partial charge in [0.15, 0.2) is 11.4 Å². The van der Waals surface area contributed by atoms with E-state index in [2.05, 4.69) is 15.3 Å². The molecular weight excluding hydrogens is 276 g/mol. The molecule has 8 nitrogen and oxygen atoms in total. The van der Waals surface area contributed by atoms with E-state index in [0.717, 1.165) is 0 Å². The monoisotopic (exact) mass is 292 g/mol. The van der Waals surface area contributed by atoms with E-state index in [1.807, 2.05) is 25.1 Å². The summed E-state index contributed by atoms with van der Waals surface area (Å²) in [6.07, 6.45) is 2.73. The third kappa shape index (κ3) is 3.29. The van der Waals surface area contributed by atoms with Gasteiger partial charge in [-0.1, -0.05) is 0 Å². The number of H-pyrrole nitrogens is 1. The zero-order chi connectivity index (χ0) is 15.4. The van der Waals surface area contributed by atoms with Crippen LogP contribution in [0, 0.1) is 0 Å². The Morgan fingerprint density at radius 1 is 1.52 bits per heavy atom. The minimum Gasteiger partial charge on any atom is -0.477 e. The number of imidazole rings is 1. The number of nitrogens with zero attached hydrogens (tertiary/aromatic N) is 2. The van der Waals surface area contributed by atoms with Crippen LogP contribution in [-0.2, 0) is 0 Å². The summed E-state index contributed by atoms with van der Waals surface area (Å²) in [7, 11) is 3.72. The molecule has 0 radical (unpaired) electrons. The number of nitrogens with one attached hydrogen (secondary N) is 2. The Balaban J connectivity index is 2.06. The lowest BCUT2D eigenvalue weighted by molar-refractivity contribution is 0.0684. The molecule has 0 aliphatic heterocycles. The molecule has 0 fully saturated rings. The van der Waals surface area contributed by atoms with Crippen molar-refractivity contribution in [1.82, 2.24) is 20.2 Å². The molecule has 21 heavy (non-hydrogen) atoms. The van der Waals surface area contributed by atoms with Crippen molar-refractivity contribution in [2.24, 2.45) is 0 Å². The van der Waals surface area contributed by atoms with Crippen LogP contribution in [0.1, 0.15) is 32.8 Å². The highest BCUT2D eigenvalue weighted by Crippen LogP contribution is 2.17. The van der Waals surface area contributed by atoms with Crippen LogP contribution >= 0.6 is 0 Å². The molecule has 2 aromatic heterocycles. The lowest BCUT2D eigenvalue weighted by Gasteiger charge is -2.22. The van der Waals surface area contributed by atoms with Crippen LogP contribution in [0.4, 0.5) is 0 Å². The maximum absolute atomic E-state index is 12.0. The fourth-order valence-electron chi connectivity index (χ4n) is 1.92. The number of carbonyl (C=O) groups is 2. The van der Waals surface area contributed by atoms with Crippen molar-refractivity contribution < 1.29 is 19.1 Å². The van der Waals surface area contributed by atoms with Gasteiger partial charge in [-0.15, -0.1) is 0 Å². The van der Waals surface area contributed by atoms with Crippen LogP contribution < -0.4 is 5.32 Å². The number of aromatic carboxylic acids is 1. The molecule has 0 saturated heterocycles. The van der Waals surface area contributed by atoms with E-state index in [9.17, 15) is 9.59 Å². The van der Waals surface area contributed by atoms with E-state index in [1.165, 1.54) is 6.33 Å². The predicted molar refractivity (Wildman–Crippen MR) is 73.0 cm³/mol.